The van der Waals surface area contributed by atoms with Crippen molar-refractivity contribution in [1.29, 1.82) is 0 Å². The fraction of sp³-hybridized carbons (Fsp3) is 0.125. The molecular formula is C16H13FN4O4. The topological polar surface area (TPSA) is 99.2 Å². The quantitative estimate of drug-likeness (QED) is 0.756. The number of rotatable bonds is 5. The number of carbonyl (C=O) groups excluding carboxylic acids is 1. The number of benzene rings is 1. The van der Waals surface area contributed by atoms with E-state index in [1.165, 1.54) is 37.6 Å². The minimum absolute atomic E-state index is 0.00362. The van der Waals surface area contributed by atoms with Gasteiger partial charge in [0.15, 0.2) is 0 Å². The fourth-order valence-corrected chi connectivity index (χ4v) is 2.03. The number of carbonyl (C=O) groups is 1. The van der Waals surface area contributed by atoms with Crippen LogP contribution in [0.3, 0.4) is 0 Å². The van der Waals surface area contributed by atoms with E-state index in [1.807, 2.05) is 0 Å². The number of hydrogen-bond donors (Lipinski definition) is 1. The van der Waals surface area contributed by atoms with Crippen molar-refractivity contribution in [3.05, 3.63) is 59.0 Å². The van der Waals surface area contributed by atoms with Crippen LogP contribution in [0.2, 0.25) is 0 Å². The lowest BCUT2D eigenvalue weighted by molar-refractivity contribution is -0.117. The first-order valence-electron chi connectivity index (χ1n) is 7.19. The average molecular weight is 344 g/mol. The molecule has 9 heteroatoms. The van der Waals surface area contributed by atoms with E-state index in [0.717, 1.165) is 4.68 Å². The lowest BCUT2D eigenvalue weighted by Crippen LogP contribution is -2.25. The molecule has 1 amide bonds. The van der Waals surface area contributed by atoms with Crippen LogP contribution in [0.15, 0.2) is 51.8 Å². The molecule has 8 nitrogen and oxygen atoms in total. The van der Waals surface area contributed by atoms with E-state index in [-0.39, 0.29) is 12.4 Å². The molecule has 3 aromatic rings. The van der Waals surface area contributed by atoms with Gasteiger partial charge in [-0.05, 0) is 30.3 Å². The Hall–Kier alpha value is -3.49. The van der Waals surface area contributed by atoms with Crippen molar-refractivity contribution in [1.82, 2.24) is 14.8 Å². The van der Waals surface area contributed by atoms with Gasteiger partial charge in [-0.3, -0.25) is 4.79 Å². The normalized spacial score (nSPS) is 10.5. The summed E-state index contributed by atoms with van der Waals surface area (Å²) in [6.07, 6.45) is 1.42. The first-order valence-corrected chi connectivity index (χ1v) is 7.19. The third kappa shape index (κ3) is 3.89. The van der Waals surface area contributed by atoms with E-state index in [4.69, 9.17) is 9.15 Å². The number of pyridine rings is 1. The molecule has 0 spiro atoms. The van der Waals surface area contributed by atoms with Gasteiger partial charge in [0, 0.05) is 11.6 Å². The zero-order valence-corrected chi connectivity index (χ0v) is 13.1. The molecule has 0 unspecified atom stereocenters. The summed E-state index contributed by atoms with van der Waals surface area (Å²) in [6, 6.07) is 8.49. The predicted molar refractivity (Wildman–Crippen MR) is 85.6 cm³/mol. The summed E-state index contributed by atoms with van der Waals surface area (Å²) in [4.78, 5) is 27.8. The van der Waals surface area contributed by atoms with Gasteiger partial charge in [-0.25, -0.2) is 14.2 Å². The van der Waals surface area contributed by atoms with Crippen LogP contribution in [0.1, 0.15) is 0 Å². The number of aromatic nitrogens is 3. The Morgan fingerprint density at radius 2 is 2.04 bits per heavy atom. The van der Waals surface area contributed by atoms with Crippen LogP contribution >= 0.6 is 0 Å². The Bertz CT molecular complexity index is 932. The van der Waals surface area contributed by atoms with Crippen LogP contribution < -0.4 is 15.8 Å². The number of anilines is 1. The summed E-state index contributed by atoms with van der Waals surface area (Å²) < 4.78 is 23.7. The average Bonchev–Trinajstić information content (AvgIpc) is 2.96. The number of halogens is 1. The SMILES string of the molecule is COc1ccc(NC(=O)Cn2nc(-c3ccc(F)cc3)oc2=O)cn1. The third-order valence-corrected chi connectivity index (χ3v) is 3.22. The molecule has 128 valence electrons. The molecule has 0 fully saturated rings. The first kappa shape index (κ1) is 16.4. The number of ether oxygens (including phenoxy) is 1. The first-order chi connectivity index (χ1) is 12.0. The molecule has 0 aliphatic heterocycles. The lowest BCUT2D eigenvalue weighted by Gasteiger charge is -2.04. The van der Waals surface area contributed by atoms with E-state index in [0.29, 0.717) is 17.1 Å². The van der Waals surface area contributed by atoms with Gasteiger partial charge in [-0.1, -0.05) is 0 Å². The maximum atomic E-state index is 12.9. The number of nitrogens with zero attached hydrogens (tertiary/aromatic N) is 3. The van der Waals surface area contributed by atoms with Crippen LogP contribution in [0.5, 0.6) is 5.88 Å². The lowest BCUT2D eigenvalue weighted by atomic mass is 10.2. The monoisotopic (exact) mass is 344 g/mol. The van der Waals surface area contributed by atoms with Gasteiger partial charge in [0.25, 0.3) is 0 Å². The van der Waals surface area contributed by atoms with E-state index in [2.05, 4.69) is 15.4 Å². The number of methoxy groups -OCH3 is 1. The van der Waals surface area contributed by atoms with Crippen LogP contribution in [-0.4, -0.2) is 27.8 Å². The van der Waals surface area contributed by atoms with Crippen LogP contribution in [0.4, 0.5) is 10.1 Å². The minimum Gasteiger partial charge on any atom is -0.481 e. The molecule has 0 atom stereocenters. The molecule has 1 aromatic carbocycles. The Morgan fingerprint density at radius 1 is 1.28 bits per heavy atom. The van der Waals surface area contributed by atoms with Crippen molar-refractivity contribution in [2.45, 2.75) is 6.54 Å². The molecule has 0 saturated heterocycles. The Kier molecular flexibility index (Phi) is 4.55. The highest BCUT2D eigenvalue weighted by Crippen LogP contribution is 2.15. The fourth-order valence-electron chi connectivity index (χ4n) is 2.03. The van der Waals surface area contributed by atoms with Gasteiger partial charge in [-0.15, -0.1) is 5.10 Å². The zero-order chi connectivity index (χ0) is 17.8. The molecule has 0 aliphatic carbocycles. The molecule has 2 aromatic heterocycles. The minimum atomic E-state index is -0.790. The highest BCUT2D eigenvalue weighted by molar-refractivity contribution is 5.90. The predicted octanol–water partition coefficient (Wildman–Crippen LogP) is 1.68. The van der Waals surface area contributed by atoms with Gasteiger partial charge >= 0.3 is 5.76 Å². The summed E-state index contributed by atoms with van der Waals surface area (Å²) in [6.45, 7) is -0.338. The highest BCUT2D eigenvalue weighted by atomic mass is 19.1. The second-order valence-electron chi connectivity index (χ2n) is 4.98. The molecule has 3 rings (SSSR count). The Labute approximate surface area is 140 Å². The maximum Gasteiger partial charge on any atom is 0.437 e. The molecule has 25 heavy (non-hydrogen) atoms. The number of hydrogen-bond acceptors (Lipinski definition) is 6. The molecule has 2 heterocycles. The maximum absolute atomic E-state index is 12.9. The summed E-state index contributed by atoms with van der Waals surface area (Å²) in [5.41, 5.74) is 0.873. The smallest absolute Gasteiger partial charge is 0.437 e. The van der Waals surface area contributed by atoms with E-state index in [9.17, 15) is 14.0 Å². The molecule has 0 aliphatic rings. The standard InChI is InChI=1S/C16H13FN4O4/c1-24-14-7-6-12(8-18-14)19-13(22)9-21-16(23)25-15(20-21)10-2-4-11(17)5-3-10/h2-8H,9H2,1H3,(H,19,22). The van der Waals surface area contributed by atoms with Crippen LogP contribution in [0.25, 0.3) is 11.5 Å². The van der Waals surface area contributed by atoms with Gasteiger partial charge in [-0.2, -0.15) is 4.68 Å². The van der Waals surface area contributed by atoms with Gasteiger partial charge in [0.05, 0.1) is 19.0 Å². The molecule has 1 N–H and O–H groups in total. The van der Waals surface area contributed by atoms with E-state index >= 15 is 0 Å². The summed E-state index contributed by atoms with van der Waals surface area (Å²) in [5.74, 6) is -1.27. The molecule has 0 radical (unpaired) electrons. The summed E-state index contributed by atoms with van der Waals surface area (Å²) in [7, 11) is 1.48. The highest BCUT2D eigenvalue weighted by Gasteiger charge is 2.13. The molecular weight excluding hydrogens is 331 g/mol. The van der Waals surface area contributed by atoms with Crippen molar-refractivity contribution < 1.29 is 18.3 Å². The van der Waals surface area contributed by atoms with Crippen molar-refractivity contribution in [2.24, 2.45) is 0 Å². The second kappa shape index (κ2) is 6.95. The van der Waals surface area contributed by atoms with Crippen LogP contribution in [0, 0.1) is 5.82 Å². The van der Waals surface area contributed by atoms with Gasteiger partial charge in [0.1, 0.15) is 12.4 Å². The van der Waals surface area contributed by atoms with Gasteiger partial charge in [0.2, 0.25) is 17.7 Å². The Morgan fingerprint density at radius 3 is 2.68 bits per heavy atom. The van der Waals surface area contributed by atoms with Crippen LogP contribution in [-0.2, 0) is 11.3 Å². The summed E-state index contributed by atoms with van der Waals surface area (Å²) >= 11 is 0. The largest absolute Gasteiger partial charge is 0.481 e. The number of amides is 1. The zero-order valence-electron chi connectivity index (χ0n) is 13.1. The van der Waals surface area contributed by atoms with Gasteiger partial charge < -0.3 is 14.5 Å². The summed E-state index contributed by atoms with van der Waals surface area (Å²) in [5, 5.41) is 6.51. The second-order valence-corrected chi connectivity index (χ2v) is 4.98. The van der Waals surface area contributed by atoms with Crippen molar-refractivity contribution >= 4 is 11.6 Å². The third-order valence-electron chi connectivity index (χ3n) is 3.22. The van der Waals surface area contributed by atoms with E-state index < -0.39 is 17.5 Å². The number of nitrogens with one attached hydrogen (secondary N) is 1. The van der Waals surface area contributed by atoms with Crippen molar-refractivity contribution in [2.75, 3.05) is 12.4 Å². The van der Waals surface area contributed by atoms with Crippen molar-refractivity contribution in [3.8, 4) is 17.3 Å². The Balaban J connectivity index is 1.70. The van der Waals surface area contributed by atoms with E-state index in [1.54, 1.807) is 12.1 Å². The molecule has 0 saturated carbocycles. The van der Waals surface area contributed by atoms with Crippen molar-refractivity contribution in [3.63, 3.8) is 0 Å². The molecule has 0 bridgehead atoms.